The Morgan fingerprint density at radius 2 is 1.90 bits per heavy atom. The monoisotopic (exact) mass is 389 g/mol. The van der Waals surface area contributed by atoms with Gasteiger partial charge in [-0.1, -0.05) is 36.4 Å². The summed E-state index contributed by atoms with van der Waals surface area (Å²) in [6, 6.07) is 20.8. The van der Waals surface area contributed by atoms with Crippen LogP contribution in [-0.2, 0) is 6.54 Å². The summed E-state index contributed by atoms with van der Waals surface area (Å²) in [6.45, 7) is 5.38. The third-order valence-corrected chi connectivity index (χ3v) is 4.97. The molecule has 0 saturated carbocycles. The Hall–Kier alpha value is -3.28. The van der Waals surface area contributed by atoms with E-state index >= 15 is 0 Å². The number of hydrogen-bond acceptors (Lipinski definition) is 4. The molecule has 1 fully saturated rings. The molecule has 6 heteroatoms. The minimum atomic E-state index is 0.366. The van der Waals surface area contributed by atoms with E-state index in [0.717, 1.165) is 43.3 Å². The number of hydrogen-bond donors (Lipinski definition) is 2. The summed E-state index contributed by atoms with van der Waals surface area (Å²) in [5, 5.41) is 6.90. The van der Waals surface area contributed by atoms with Crippen molar-refractivity contribution < 1.29 is 4.42 Å². The molecule has 4 rings (SSSR count). The molecule has 0 amide bonds. The second-order valence-electron chi connectivity index (χ2n) is 7.12. The topological polar surface area (TPSA) is 65.7 Å². The van der Waals surface area contributed by atoms with Crippen molar-refractivity contribution in [3.05, 3.63) is 72.6 Å². The number of aromatic nitrogens is 1. The molecule has 3 aromatic rings. The molecule has 1 aliphatic rings. The lowest BCUT2D eigenvalue weighted by Gasteiger charge is -2.20. The van der Waals surface area contributed by atoms with E-state index < -0.39 is 0 Å². The lowest BCUT2D eigenvalue weighted by atomic mass is 10.2. The Bertz CT molecular complexity index is 923. The molecule has 1 aliphatic heterocycles. The van der Waals surface area contributed by atoms with Gasteiger partial charge in [0.25, 0.3) is 0 Å². The smallest absolute Gasteiger partial charge is 0.226 e. The van der Waals surface area contributed by atoms with Crippen molar-refractivity contribution >= 4 is 11.6 Å². The molecule has 1 aromatic heterocycles. The number of nitrogens with one attached hydrogen (secondary N) is 2. The minimum absolute atomic E-state index is 0.366. The van der Waals surface area contributed by atoms with Gasteiger partial charge in [0, 0.05) is 36.9 Å². The average molecular weight is 390 g/mol. The fourth-order valence-corrected chi connectivity index (χ4v) is 3.52. The Kier molecular flexibility index (Phi) is 6.10. The summed E-state index contributed by atoms with van der Waals surface area (Å²) in [4.78, 5) is 11.7. The molecule has 2 aromatic carbocycles. The second kappa shape index (κ2) is 9.28. The largest absolute Gasteiger partial charge is 0.444 e. The zero-order chi connectivity index (χ0) is 19.9. The van der Waals surface area contributed by atoms with Crippen molar-refractivity contribution in [1.82, 2.24) is 15.6 Å². The predicted octanol–water partition coefficient (Wildman–Crippen LogP) is 3.68. The summed E-state index contributed by atoms with van der Waals surface area (Å²) in [6.07, 6.45) is 2.77. The zero-order valence-electron chi connectivity index (χ0n) is 16.7. The van der Waals surface area contributed by atoms with Crippen LogP contribution in [0.5, 0.6) is 0 Å². The van der Waals surface area contributed by atoms with Crippen molar-refractivity contribution in [2.45, 2.75) is 25.9 Å². The van der Waals surface area contributed by atoms with Crippen LogP contribution in [0.2, 0.25) is 0 Å². The molecular formula is C23H27N5O. The van der Waals surface area contributed by atoms with E-state index in [0.29, 0.717) is 18.5 Å². The lowest BCUT2D eigenvalue weighted by molar-refractivity contribution is 0.572. The minimum Gasteiger partial charge on any atom is -0.444 e. The number of para-hydroxylation sites is 1. The van der Waals surface area contributed by atoms with Gasteiger partial charge in [0.05, 0.1) is 6.54 Å². The highest BCUT2D eigenvalue weighted by Gasteiger charge is 2.23. The number of oxazole rings is 1. The first kappa shape index (κ1) is 19.1. The van der Waals surface area contributed by atoms with E-state index in [2.05, 4.69) is 57.8 Å². The average Bonchev–Trinajstić information content (AvgIpc) is 3.43. The second-order valence-corrected chi connectivity index (χ2v) is 7.12. The number of anilines is 1. The highest BCUT2D eigenvalue weighted by atomic mass is 16.3. The number of aliphatic imine (C=N–C) groups is 1. The van der Waals surface area contributed by atoms with Gasteiger partial charge in [-0.3, -0.25) is 0 Å². The van der Waals surface area contributed by atoms with Crippen molar-refractivity contribution in [2.75, 3.05) is 24.5 Å². The van der Waals surface area contributed by atoms with Crippen LogP contribution in [0.4, 0.5) is 5.69 Å². The maximum Gasteiger partial charge on any atom is 0.226 e. The van der Waals surface area contributed by atoms with E-state index in [1.54, 1.807) is 6.26 Å². The van der Waals surface area contributed by atoms with Gasteiger partial charge < -0.3 is 20.0 Å². The van der Waals surface area contributed by atoms with Gasteiger partial charge in [0.1, 0.15) is 12.0 Å². The third kappa shape index (κ3) is 4.96. The molecule has 2 N–H and O–H groups in total. The molecule has 0 bridgehead atoms. The van der Waals surface area contributed by atoms with Gasteiger partial charge >= 0.3 is 0 Å². The van der Waals surface area contributed by atoms with Crippen LogP contribution in [0.15, 0.2) is 76.3 Å². The van der Waals surface area contributed by atoms with Crippen molar-refractivity contribution in [3.8, 4) is 11.5 Å². The van der Waals surface area contributed by atoms with Crippen LogP contribution in [0.25, 0.3) is 11.5 Å². The molecule has 6 nitrogen and oxygen atoms in total. The molecule has 1 saturated heterocycles. The first-order valence-corrected chi connectivity index (χ1v) is 10.2. The maximum atomic E-state index is 5.61. The number of rotatable bonds is 6. The SMILES string of the molecule is CCNC(=NCc1coc(-c2ccccc2)n1)NC1CCN(c2ccccc2)C1. The molecule has 0 aliphatic carbocycles. The van der Waals surface area contributed by atoms with Gasteiger partial charge in [0.2, 0.25) is 5.89 Å². The molecule has 150 valence electrons. The van der Waals surface area contributed by atoms with Gasteiger partial charge in [0.15, 0.2) is 5.96 Å². The summed E-state index contributed by atoms with van der Waals surface area (Å²) >= 11 is 0. The van der Waals surface area contributed by atoms with Gasteiger partial charge in [-0.05, 0) is 37.6 Å². The van der Waals surface area contributed by atoms with Crippen molar-refractivity contribution in [2.24, 2.45) is 4.99 Å². The highest BCUT2D eigenvalue weighted by molar-refractivity contribution is 5.80. The van der Waals surface area contributed by atoms with E-state index in [4.69, 9.17) is 9.41 Å². The van der Waals surface area contributed by atoms with E-state index in [9.17, 15) is 0 Å². The molecule has 1 atom stereocenters. The number of benzene rings is 2. The standard InChI is InChI=1S/C23H27N5O/c1-2-24-23(27-19-13-14-28(16-19)21-11-7-4-8-12-21)25-15-20-17-29-22(26-20)18-9-5-3-6-10-18/h3-12,17,19H,2,13-16H2,1H3,(H2,24,25,27). The van der Waals surface area contributed by atoms with Gasteiger partial charge in [-0.15, -0.1) is 0 Å². The zero-order valence-corrected chi connectivity index (χ0v) is 16.7. The Balaban J connectivity index is 1.37. The summed E-state index contributed by atoms with van der Waals surface area (Å²) in [5.74, 6) is 1.44. The molecule has 0 spiro atoms. The fraction of sp³-hybridized carbons (Fsp3) is 0.304. The molecule has 0 radical (unpaired) electrons. The van der Waals surface area contributed by atoms with Crippen LogP contribution in [0.1, 0.15) is 19.0 Å². The molecule has 29 heavy (non-hydrogen) atoms. The van der Waals surface area contributed by atoms with Crippen LogP contribution in [0, 0.1) is 0 Å². The number of nitrogens with zero attached hydrogens (tertiary/aromatic N) is 3. The molecular weight excluding hydrogens is 362 g/mol. The molecule has 1 unspecified atom stereocenters. The first-order valence-electron chi connectivity index (χ1n) is 10.2. The summed E-state index contributed by atoms with van der Waals surface area (Å²) < 4.78 is 5.61. The normalized spacial score (nSPS) is 16.8. The van der Waals surface area contributed by atoms with Crippen molar-refractivity contribution in [1.29, 1.82) is 0 Å². The number of guanidine groups is 1. The quantitative estimate of drug-likeness (QED) is 0.497. The Morgan fingerprint density at radius 1 is 1.14 bits per heavy atom. The van der Waals surface area contributed by atoms with E-state index in [1.165, 1.54) is 5.69 Å². The van der Waals surface area contributed by atoms with Crippen LogP contribution in [-0.4, -0.2) is 36.6 Å². The Labute approximate surface area is 171 Å². The third-order valence-electron chi connectivity index (χ3n) is 4.97. The predicted molar refractivity (Wildman–Crippen MR) is 117 cm³/mol. The fourth-order valence-electron chi connectivity index (χ4n) is 3.52. The van der Waals surface area contributed by atoms with Crippen LogP contribution < -0.4 is 15.5 Å². The first-order chi connectivity index (χ1) is 14.3. The van der Waals surface area contributed by atoms with Crippen LogP contribution in [0.3, 0.4) is 0 Å². The Morgan fingerprint density at radius 3 is 2.66 bits per heavy atom. The van der Waals surface area contributed by atoms with E-state index in [-0.39, 0.29) is 0 Å². The van der Waals surface area contributed by atoms with Crippen molar-refractivity contribution in [3.63, 3.8) is 0 Å². The highest BCUT2D eigenvalue weighted by Crippen LogP contribution is 2.20. The van der Waals surface area contributed by atoms with E-state index in [1.807, 2.05) is 30.3 Å². The lowest BCUT2D eigenvalue weighted by Crippen LogP contribution is -2.44. The van der Waals surface area contributed by atoms with Crippen LogP contribution >= 0.6 is 0 Å². The summed E-state index contributed by atoms with van der Waals surface area (Å²) in [7, 11) is 0. The molecule has 2 heterocycles. The van der Waals surface area contributed by atoms with Gasteiger partial charge in [-0.25, -0.2) is 9.98 Å². The summed E-state index contributed by atoms with van der Waals surface area (Å²) in [5.41, 5.74) is 3.06. The maximum absolute atomic E-state index is 5.61. The van der Waals surface area contributed by atoms with Gasteiger partial charge in [-0.2, -0.15) is 0 Å².